The number of ether oxygens (including phenoxy) is 1. The van der Waals surface area contributed by atoms with E-state index >= 15 is 0 Å². The van der Waals surface area contributed by atoms with E-state index in [2.05, 4.69) is 25.5 Å². The monoisotopic (exact) mass is 479 g/mol. The second-order valence-electron chi connectivity index (χ2n) is 6.95. The second-order valence-corrected chi connectivity index (χ2v) is 8.34. The van der Waals surface area contributed by atoms with E-state index in [9.17, 15) is 32.8 Å². The van der Waals surface area contributed by atoms with Gasteiger partial charge in [0.05, 0.1) is 12.5 Å². The van der Waals surface area contributed by atoms with Crippen LogP contribution in [0, 0.1) is 0 Å². The van der Waals surface area contributed by atoms with Crippen LogP contribution in [0.1, 0.15) is 11.8 Å². The lowest BCUT2D eigenvalue weighted by atomic mass is 10.1. The molecule has 3 aromatic rings. The second kappa shape index (κ2) is 8.34. The SMILES string of the molecule is Nc1nc2c(ncn2[C@@H]2O[C@H](C(=O)N/N=C\c3ccccc3S(=O)(=O)O)[C@@H](O)[C@H]2O)c(=O)[nH]1. The number of benzene rings is 1. The van der Waals surface area contributed by atoms with Crippen molar-refractivity contribution in [1.29, 1.82) is 0 Å². The molecule has 16 heteroatoms. The van der Waals surface area contributed by atoms with Gasteiger partial charge in [-0.25, -0.2) is 10.4 Å². The number of hydrazone groups is 1. The van der Waals surface area contributed by atoms with Crippen LogP contribution in [0.15, 0.2) is 45.4 Å². The summed E-state index contributed by atoms with van der Waals surface area (Å²) in [7, 11) is -4.52. The van der Waals surface area contributed by atoms with Gasteiger partial charge in [-0.2, -0.15) is 18.5 Å². The average Bonchev–Trinajstić information content (AvgIpc) is 3.29. The number of aromatic amines is 1. The molecule has 1 saturated heterocycles. The van der Waals surface area contributed by atoms with E-state index in [1.807, 2.05) is 0 Å². The van der Waals surface area contributed by atoms with Gasteiger partial charge in [-0.05, 0) is 6.07 Å². The first-order chi connectivity index (χ1) is 15.6. The number of anilines is 1. The largest absolute Gasteiger partial charge is 0.387 e. The highest BCUT2D eigenvalue weighted by molar-refractivity contribution is 7.86. The third kappa shape index (κ3) is 4.20. The Labute approximate surface area is 184 Å². The molecule has 4 atom stereocenters. The fourth-order valence-electron chi connectivity index (χ4n) is 3.29. The molecule has 4 rings (SSSR count). The molecule has 174 valence electrons. The Kier molecular flexibility index (Phi) is 5.68. The molecular weight excluding hydrogens is 462 g/mol. The third-order valence-electron chi connectivity index (χ3n) is 4.80. The van der Waals surface area contributed by atoms with Gasteiger partial charge in [-0.15, -0.1) is 0 Å². The standard InChI is InChI=1S/C17H17N7O8S/c18-17-21-13-9(14(27)22-17)19-6-24(13)16-11(26)10(25)12(32-16)15(28)23-20-5-7-3-1-2-4-8(7)33(29,30)31/h1-6,10-12,16,25-26H,(H,23,28)(H,29,30,31)(H3,18,21,22,27)/b20-5-/t10-,11+,12-,16+/m0/s1. The van der Waals surface area contributed by atoms with Gasteiger partial charge in [-0.1, -0.05) is 18.2 Å². The number of aliphatic hydroxyl groups excluding tert-OH is 2. The van der Waals surface area contributed by atoms with Gasteiger partial charge in [-0.3, -0.25) is 23.7 Å². The number of nitrogens with two attached hydrogens (primary N) is 1. The highest BCUT2D eigenvalue weighted by Crippen LogP contribution is 2.31. The maximum atomic E-state index is 12.5. The molecule has 0 saturated carbocycles. The topological polar surface area (TPSA) is 235 Å². The molecule has 7 N–H and O–H groups in total. The quantitative estimate of drug-likeness (QED) is 0.129. The number of carbonyl (C=O) groups excluding carboxylic acids is 1. The van der Waals surface area contributed by atoms with Crippen molar-refractivity contribution >= 4 is 39.4 Å². The number of carbonyl (C=O) groups is 1. The molecule has 3 heterocycles. The fraction of sp³-hybridized carbons (Fsp3) is 0.235. The van der Waals surface area contributed by atoms with E-state index in [0.717, 1.165) is 23.2 Å². The smallest absolute Gasteiger partial charge is 0.295 e. The molecule has 2 aromatic heterocycles. The van der Waals surface area contributed by atoms with Gasteiger partial charge in [0.1, 0.15) is 17.1 Å². The van der Waals surface area contributed by atoms with Crippen LogP contribution < -0.4 is 16.7 Å². The van der Waals surface area contributed by atoms with Crippen molar-refractivity contribution in [1.82, 2.24) is 24.9 Å². The van der Waals surface area contributed by atoms with Crippen LogP contribution in [0.5, 0.6) is 0 Å². The summed E-state index contributed by atoms with van der Waals surface area (Å²) >= 11 is 0. The Morgan fingerprint density at radius 2 is 2.03 bits per heavy atom. The van der Waals surface area contributed by atoms with Crippen LogP contribution in [0.3, 0.4) is 0 Å². The van der Waals surface area contributed by atoms with Crippen molar-refractivity contribution in [2.75, 3.05) is 5.73 Å². The minimum atomic E-state index is -4.52. The van der Waals surface area contributed by atoms with Crippen LogP contribution in [0.2, 0.25) is 0 Å². The molecule has 0 aliphatic carbocycles. The highest BCUT2D eigenvalue weighted by atomic mass is 32.2. The lowest BCUT2D eigenvalue weighted by molar-refractivity contribution is -0.137. The number of hydrogen-bond acceptors (Lipinski definition) is 11. The van der Waals surface area contributed by atoms with E-state index in [-0.39, 0.29) is 22.7 Å². The Morgan fingerprint density at radius 3 is 2.76 bits per heavy atom. The molecule has 1 aromatic carbocycles. The number of aromatic nitrogens is 4. The summed E-state index contributed by atoms with van der Waals surface area (Å²) in [6, 6.07) is 5.36. The Hall–Kier alpha value is -3.70. The normalized spacial score (nSPS) is 23.4. The zero-order chi connectivity index (χ0) is 23.9. The Balaban J connectivity index is 1.53. The van der Waals surface area contributed by atoms with E-state index in [1.54, 1.807) is 0 Å². The first-order valence-corrected chi connectivity index (χ1v) is 10.7. The molecule has 1 amide bonds. The van der Waals surface area contributed by atoms with Crippen LogP contribution in [-0.2, 0) is 19.6 Å². The number of rotatable bonds is 5. The predicted molar refractivity (Wildman–Crippen MR) is 110 cm³/mol. The van der Waals surface area contributed by atoms with Crippen molar-refractivity contribution < 1.29 is 32.7 Å². The maximum Gasteiger partial charge on any atom is 0.295 e. The summed E-state index contributed by atoms with van der Waals surface area (Å²) in [6.07, 6.45) is -4.11. The number of fused-ring (bicyclic) bond motifs is 1. The summed E-state index contributed by atoms with van der Waals surface area (Å²) in [5.41, 5.74) is 6.84. The van der Waals surface area contributed by atoms with E-state index in [0.29, 0.717) is 0 Å². The van der Waals surface area contributed by atoms with Gasteiger partial charge in [0.2, 0.25) is 5.95 Å². The highest BCUT2D eigenvalue weighted by Gasteiger charge is 2.47. The number of nitrogen functional groups attached to an aromatic ring is 1. The van der Waals surface area contributed by atoms with Crippen LogP contribution in [0.4, 0.5) is 5.95 Å². The lowest BCUT2D eigenvalue weighted by Crippen LogP contribution is -2.41. The molecule has 33 heavy (non-hydrogen) atoms. The fourth-order valence-corrected chi connectivity index (χ4v) is 3.96. The minimum absolute atomic E-state index is 0.00938. The first-order valence-electron chi connectivity index (χ1n) is 9.21. The number of H-pyrrole nitrogens is 1. The minimum Gasteiger partial charge on any atom is -0.387 e. The predicted octanol–water partition coefficient (Wildman–Crippen LogP) is -2.28. The average molecular weight is 479 g/mol. The molecule has 0 unspecified atom stereocenters. The number of nitrogens with one attached hydrogen (secondary N) is 2. The number of nitrogens with zero attached hydrogens (tertiary/aromatic N) is 4. The summed E-state index contributed by atoms with van der Waals surface area (Å²) in [5.74, 6) is -1.17. The van der Waals surface area contributed by atoms with E-state index in [1.165, 1.54) is 18.2 Å². The molecule has 1 aliphatic rings. The van der Waals surface area contributed by atoms with Crippen molar-refractivity contribution in [2.45, 2.75) is 29.4 Å². The van der Waals surface area contributed by atoms with Gasteiger partial charge in [0, 0.05) is 5.56 Å². The first kappa shape index (κ1) is 22.5. The van der Waals surface area contributed by atoms with E-state index < -0.39 is 51.0 Å². The van der Waals surface area contributed by atoms with Crippen molar-refractivity contribution in [3.8, 4) is 0 Å². The van der Waals surface area contributed by atoms with Crippen LogP contribution in [-0.4, -0.2) is 73.1 Å². The maximum absolute atomic E-state index is 12.5. The van der Waals surface area contributed by atoms with Gasteiger partial charge >= 0.3 is 0 Å². The number of amides is 1. The Morgan fingerprint density at radius 1 is 1.30 bits per heavy atom. The van der Waals surface area contributed by atoms with Crippen molar-refractivity contribution in [2.24, 2.45) is 5.10 Å². The molecule has 15 nitrogen and oxygen atoms in total. The molecule has 0 radical (unpaired) electrons. The number of hydrogen-bond donors (Lipinski definition) is 6. The van der Waals surface area contributed by atoms with Gasteiger partial charge < -0.3 is 20.7 Å². The third-order valence-corrected chi connectivity index (χ3v) is 5.72. The van der Waals surface area contributed by atoms with Crippen LogP contribution in [0.25, 0.3) is 11.2 Å². The summed E-state index contributed by atoms with van der Waals surface area (Å²) < 4.78 is 38.7. The molecular formula is C17H17N7O8S. The van der Waals surface area contributed by atoms with Gasteiger partial charge in [0.15, 0.2) is 23.5 Å². The number of imidazole rings is 1. The van der Waals surface area contributed by atoms with Crippen molar-refractivity contribution in [3.05, 3.63) is 46.5 Å². The summed E-state index contributed by atoms with van der Waals surface area (Å²) in [5, 5.41) is 24.3. The summed E-state index contributed by atoms with van der Waals surface area (Å²) in [6.45, 7) is 0. The molecule has 1 fully saturated rings. The molecule has 0 bridgehead atoms. The Bertz CT molecular complexity index is 1420. The van der Waals surface area contributed by atoms with Crippen molar-refractivity contribution in [3.63, 3.8) is 0 Å². The zero-order valence-corrected chi connectivity index (χ0v) is 17.2. The van der Waals surface area contributed by atoms with E-state index in [4.69, 9.17) is 10.5 Å². The summed E-state index contributed by atoms with van der Waals surface area (Å²) in [4.78, 5) is 34.0. The van der Waals surface area contributed by atoms with Crippen LogP contribution >= 0.6 is 0 Å². The van der Waals surface area contributed by atoms with Gasteiger partial charge in [0.25, 0.3) is 21.6 Å². The lowest BCUT2D eigenvalue weighted by Gasteiger charge is -2.16. The zero-order valence-electron chi connectivity index (χ0n) is 16.4. The number of aliphatic hydroxyl groups is 2. The molecule has 0 spiro atoms. The molecule has 1 aliphatic heterocycles.